The highest BCUT2D eigenvalue weighted by Gasteiger charge is 2.38. The van der Waals surface area contributed by atoms with Gasteiger partial charge in [0.2, 0.25) is 5.91 Å². The zero-order valence-corrected chi connectivity index (χ0v) is 16.5. The average Bonchev–Trinajstić information content (AvgIpc) is 2.61. The molecule has 2 heterocycles. The fraction of sp³-hybridized carbons (Fsp3) is 0.850. The fourth-order valence-corrected chi connectivity index (χ4v) is 3.67. The maximum Gasteiger partial charge on any atom is 0.223 e. The molecule has 136 valence electrons. The molecule has 0 aromatic rings. The van der Waals surface area contributed by atoms with Crippen molar-refractivity contribution in [2.24, 2.45) is 23.7 Å². The first kappa shape index (κ1) is 20.1. The van der Waals surface area contributed by atoms with Crippen molar-refractivity contribution in [1.29, 1.82) is 0 Å². The number of rotatable bonds is 2. The summed E-state index contributed by atoms with van der Waals surface area (Å²) < 4.78 is 0. The van der Waals surface area contributed by atoms with Gasteiger partial charge in [-0.05, 0) is 58.8 Å². The van der Waals surface area contributed by atoms with Crippen LogP contribution >= 0.6 is 0 Å². The molecule has 0 spiro atoms. The normalized spacial score (nSPS) is 29.0. The van der Waals surface area contributed by atoms with Crippen molar-refractivity contribution in [3.63, 3.8) is 0 Å². The molecule has 2 unspecified atom stereocenters. The molecule has 0 aromatic carbocycles. The summed E-state index contributed by atoms with van der Waals surface area (Å²) >= 11 is 0. The smallest absolute Gasteiger partial charge is 0.223 e. The number of allylic oxidation sites excluding steroid dienone is 1. The lowest BCUT2D eigenvalue weighted by Gasteiger charge is -2.40. The number of carbonyl (C=O) groups is 1. The largest absolute Gasteiger partial charge is 0.384 e. The van der Waals surface area contributed by atoms with E-state index in [1.807, 2.05) is 0 Å². The average molecular weight is 325 g/mol. The second-order valence-corrected chi connectivity index (χ2v) is 9.35. The summed E-state index contributed by atoms with van der Waals surface area (Å²) in [6.45, 7) is 21.5. The molecule has 2 atom stereocenters. The van der Waals surface area contributed by atoms with Crippen LogP contribution in [0.25, 0.3) is 0 Å². The van der Waals surface area contributed by atoms with Crippen molar-refractivity contribution in [2.75, 3.05) is 0 Å². The quantitative estimate of drug-likeness (QED) is 0.770. The van der Waals surface area contributed by atoms with Crippen LogP contribution in [-0.2, 0) is 4.79 Å². The Morgan fingerprint density at radius 2 is 1.52 bits per heavy atom. The van der Waals surface area contributed by atoms with Crippen molar-refractivity contribution < 1.29 is 6.22 Å². The molecule has 0 aliphatic carbocycles. The Kier molecular flexibility index (Phi) is 6.34. The van der Waals surface area contributed by atoms with Gasteiger partial charge in [0.15, 0.2) is 0 Å². The molecule has 2 aliphatic heterocycles. The molecule has 2 fully saturated rings. The van der Waals surface area contributed by atoms with Crippen LogP contribution in [0.15, 0.2) is 12.3 Å². The van der Waals surface area contributed by atoms with E-state index in [9.17, 15) is 4.79 Å². The lowest BCUT2D eigenvalue weighted by Crippen LogP contribution is -2.45. The van der Waals surface area contributed by atoms with Gasteiger partial charge in [0.05, 0.1) is 0 Å². The van der Waals surface area contributed by atoms with Gasteiger partial charge in [0, 0.05) is 30.0 Å². The van der Waals surface area contributed by atoms with Gasteiger partial charge in [0.25, 0.3) is 0 Å². The Morgan fingerprint density at radius 1 is 1.00 bits per heavy atom. The SMILES string of the molecule is C=C1NC(C)(C)CCC1C(C)C.CC(C)C1CC(C)(C)NC1=O.[HH]. The van der Waals surface area contributed by atoms with Gasteiger partial charge >= 0.3 is 0 Å². The van der Waals surface area contributed by atoms with Crippen LogP contribution in [-0.4, -0.2) is 17.0 Å². The van der Waals surface area contributed by atoms with Crippen molar-refractivity contribution in [3.8, 4) is 0 Å². The number of hydrogen-bond acceptors (Lipinski definition) is 2. The molecule has 23 heavy (non-hydrogen) atoms. The van der Waals surface area contributed by atoms with E-state index in [2.05, 4.69) is 72.6 Å². The summed E-state index contributed by atoms with van der Waals surface area (Å²) in [5.41, 5.74) is 1.52. The van der Waals surface area contributed by atoms with Gasteiger partial charge in [-0.2, -0.15) is 0 Å². The van der Waals surface area contributed by atoms with Crippen LogP contribution in [0.3, 0.4) is 0 Å². The number of amides is 1. The molecule has 0 radical (unpaired) electrons. The Balaban J connectivity index is 0.000000425. The molecule has 2 rings (SSSR count). The molecule has 3 heteroatoms. The zero-order valence-electron chi connectivity index (χ0n) is 16.5. The Bertz CT molecular complexity index is 441. The van der Waals surface area contributed by atoms with Gasteiger partial charge in [-0.25, -0.2) is 0 Å². The predicted octanol–water partition coefficient (Wildman–Crippen LogP) is 4.74. The van der Waals surface area contributed by atoms with E-state index < -0.39 is 0 Å². The Hall–Kier alpha value is -0.990. The van der Waals surface area contributed by atoms with Crippen LogP contribution in [0.4, 0.5) is 0 Å². The summed E-state index contributed by atoms with van der Waals surface area (Å²) in [6, 6.07) is 0. The molecule has 2 N–H and O–H groups in total. The number of hydrogen-bond donors (Lipinski definition) is 2. The minimum atomic E-state index is 0. The van der Waals surface area contributed by atoms with Crippen molar-refractivity contribution in [1.82, 2.24) is 10.6 Å². The van der Waals surface area contributed by atoms with Crippen molar-refractivity contribution in [3.05, 3.63) is 12.3 Å². The van der Waals surface area contributed by atoms with Gasteiger partial charge in [-0.1, -0.05) is 34.3 Å². The van der Waals surface area contributed by atoms with E-state index >= 15 is 0 Å². The minimum Gasteiger partial charge on any atom is -0.384 e. The van der Waals surface area contributed by atoms with E-state index in [-0.39, 0.29) is 24.3 Å². The van der Waals surface area contributed by atoms with Crippen LogP contribution < -0.4 is 10.6 Å². The van der Waals surface area contributed by atoms with Crippen LogP contribution in [0.1, 0.15) is 76.1 Å². The summed E-state index contributed by atoms with van der Waals surface area (Å²) in [7, 11) is 0. The van der Waals surface area contributed by atoms with E-state index in [0.29, 0.717) is 11.8 Å². The van der Waals surface area contributed by atoms with Gasteiger partial charge < -0.3 is 10.6 Å². The highest BCUT2D eigenvalue weighted by Crippen LogP contribution is 2.32. The van der Waals surface area contributed by atoms with E-state index in [0.717, 1.165) is 12.3 Å². The van der Waals surface area contributed by atoms with E-state index in [1.165, 1.54) is 18.5 Å². The third-order valence-electron chi connectivity index (χ3n) is 5.16. The molecule has 2 aliphatic rings. The first-order chi connectivity index (χ1) is 10.3. The van der Waals surface area contributed by atoms with Gasteiger partial charge in [-0.3, -0.25) is 4.79 Å². The van der Waals surface area contributed by atoms with Crippen LogP contribution in [0, 0.1) is 23.7 Å². The molecule has 1 amide bonds. The maximum atomic E-state index is 11.3. The Labute approximate surface area is 145 Å². The lowest BCUT2D eigenvalue weighted by molar-refractivity contribution is -0.123. The number of piperidine rings is 1. The standard InChI is InChI=1S/C11H21N.C9H17NO.H2/c1-8(2)10-6-7-11(4,5)12-9(10)3;1-6(2)7-5-9(3,4)10-8(7)11;/h8,10,12H,3,6-7H2,1-2,4-5H3;6-7H,5H2,1-4H3,(H,10,11);1H. The second kappa shape index (κ2) is 7.27. The second-order valence-electron chi connectivity index (χ2n) is 9.35. The molecule has 0 aromatic heterocycles. The predicted molar refractivity (Wildman–Crippen MR) is 101 cm³/mol. The fourth-order valence-electron chi connectivity index (χ4n) is 3.67. The van der Waals surface area contributed by atoms with Gasteiger partial charge in [-0.15, -0.1) is 0 Å². The van der Waals surface area contributed by atoms with Crippen molar-refractivity contribution in [2.45, 2.75) is 85.7 Å². The first-order valence-corrected chi connectivity index (χ1v) is 9.13. The molecule has 0 bridgehead atoms. The molecule has 0 saturated carbocycles. The van der Waals surface area contributed by atoms with Crippen molar-refractivity contribution >= 4 is 5.91 Å². The minimum absolute atomic E-state index is 0. The molecular formula is C20H40N2O. The zero-order chi connectivity index (χ0) is 18.0. The topological polar surface area (TPSA) is 41.1 Å². The summed E-state index contributed by atoms with van der Waals surface area (Å²) in [5.74, 6) is 2.32. The Morgan fingerprint density at radius 3 is 1.83 bits per heavy atom. The molecule has 3 nitrogen and oxygen atoms in total. The molecule has 2 saturated heterocycles. The summed E-state index contributed by atoms with van der Waals surface area (Å²) in [6.07, 6.45) is 3.52. The highest BCUT2D eigenvalue weighted by atomic mass is 16.2. The van der Waals surface area contributed by atoms with E-state index in [1.54, 1.807) is 0 Å². The lowest BCUT2D eigenvalue weighted by atomic mass is 9.80. The highest BCUT2D eigenvalue weighted by molar-refractivity contribution is 5.82. The summed E-state index contributed by atoms with van der Waals surface area (Å²) in [4.78, 5) is 11.3. The summed E-state index contributed by atoms with van der Waals surface area (Å²) in [5, 5.41) is 6.48. The molecular weight excluding hydrogens is 284 g/mol. The van der Waals surface area contributed by atoms with Crippen LogP contribution in [0.2, 0.25) is 0 Å². The number of carbonyl (C=O) groups excluding carboxylic acids is 1. The first-order valence-electron chi connectivity index (χ1n) is 9.13. The van der Waals surface area contributed by atoms with Crippen LogP contribution in [0.5, 0.6) is 0 Å². The van der Waals surface area contributed by atoms with E-state index in [4.69, 9.17) is 0 Å². The monoisotopic (exact) mass is 324 g/mol. The van der Waals surface area contributed by atoms with Gasteiger partial charge in [0.1, 0.15) is 0 Å². The maximum absolute atomic E-state index is 11.3. The number of nitrogens with one attached hydrogen (secondary N) is 2. The third kappa shape index (κ3) is 5.86. The third-order valence-corrected chi connectivity index (χ3v) is 5.16.